The van der Waals surface area contributed by atoms with Crippen molar-refractivity contribution in [1.82, 2.24) is 4.98 Å². The highest BCUT2D eigenvalue weighted by atomic mass is 19.1. The summed E-state index contributed by atoms with van der Waals surface area (Å²) < 4.78 is 13.3. The summed E-state index contributed by atoms with van der Waals surface area (Å²) in [4.78, 5) is 6.50. The van der Waals surface area contributed by atoms with E-state index in [0.717, 1.165) is 24.3 Å². The van der Waals surface area contributed by atoms with E-state index in [1.54, 1.807) is 0 Å². The fourth-order valence-corrected chi connectivity index (χ4v) is 2.09. The van der Waals surface area contributed by atoms with Crippen molar-refractivity contribution in [3.8, 4) is 0 Å². The first kappa shape index (κ1) is 11.4. The summed E-state index contributed by atoms with van der Waals surface area (Å²) in [6, 6.07) is 4.10. The van der Waals surface area contributed by atoms with Crippen LogP contribution >= 0.6 is 0 Å². The molecule has 2 rings (SSSR count). The van der Waals surface area contributed by atoms with E-state index in [9.17, 15) is 4.39 Å². The van der Waals surface area contributed by atoms with Crippen molar-refractivity contribution in [2.75, 3.05) is 18.0 Å². The van der Waals surface area contributed by atoms with Gasteiger partial charge < -0.3 is 4.90 Å². The molecule has 1 aliphatic heterocycles. The lowest BCUT2D eigenvalue weighted by molar-refractivity contribution is 0.287. The van der Waals surface area contributed by atoms with Crippen LogP contribution in [0.5, 0.6) is 0 Å². The first-order chi connectivity index (χ1) is 7.66. The maximum atomic E-state index is 13.3. The van der Waals surface area contributed by atoms with Gasteiger partial charge in [0.05, 0.1) is 11.9 Å². The van der Waals surface area contributed by atoms with Crippen LogP contribution in [0.2, 0.25) is 0 Å². The number of alkyl halides is 1. The van der Waals surface area contributed by atoms with Gasteiger partial charge in [0.1, 0.15) is 6.17 Å². The van der Waals surface area contributed by atoms with E-state index in [0.29, 0.717) is 18.9 Å². The lowest BCUT2D eigenvalue weighted by Crippen LogP contribution is -2.36. The Morgan fingerprint density at radius 3 is 2.81 bits per heavy atom. The van der Waals surface area contributed by atoms with Crippen LogP contribution in [-0.4, -0.2) is 24.2 Å². The van der Waals surface area contributed by atoms with Gasteiger partial charge in [-0.1, -0.05) is 13.8 Å². The summed E-state index contributed by atoms with van der Waals surface area (Å²) >= 11 is 0. The lowest BCUT2D eigenvalue weighted by Gasteiger charge is -2.30. The zero-order chi connectivity index (χ0) is 11.5. The van der Waals surface area contributed by atoms with Crippen molar-refractivity contribution < 1.29 is 4.39 Å². The number of aromatic nitrogens is 1. The zero-order valence-electron chi connectivity index (χ0n) is 9.99. The normalized spacial score (nSPS) is 21.5. The third-order valence-electron chi connectivity index (χ3n) is 3.09. The summed E-state index contributed by atoms with van der Waals surface area (Å²) in [7, 11) is 0. The number of hydrogen-bond acceptors (Lipinski definition) is 2. The zero-order valence-corrected chi connectivity index (χ0v) is 9.99. The van der Waals surface area contributed by atoms with E-state index >= 15 is 0 Å². The first-order valence-electron chi connectivity index (χ1n) is 6.02. The van der Waals surface area contributed by atoms with Gasteiger partial charge in [-0.25, -0.2) is 4.39 Å². The van der Waals surface area contributed by atoms with Crippen LogP contribution in [0, 0.1) is 0 Å². The molecule has 0 aromatic carbocycles. The molecule has 1 atom stereocenters. The Labute approximate surface area is 96.5 Å². The molecule has 0 radical (unpaired) electrons. The Bertz CT molecular complexity index is 334. The molecular weight excluding hydrogens is 203 g/mol. The molecule has 88 valence electrons. The third kappa shape index (κ3) is 2.52. The molecule has 1 saturated heterocycles. The Kier molecular flexibility index (Phi) is 3.42. The highest BCUT2D eigenvalue weighted by molar-refractivity contribution is 5.45. The average molecular weight is 222 g/mol. The molecule has 1 unspecified atom stereocenters. The summed E-state index contributed by atoms with van der Waals surface area (Å²) in [5, 5.41) is 0. The van der Waals surface area contributed by atoms with Gasteiger partial charge in [0.25, 0.3) is 0 Å². The molecule has 3 heteroatoms. The Morgan fingerprint density at radius 1 is 1.44 bits per heavy atom. The summed E-state index contributed by atoms with van der Waals surface area (Å²) in [6.45, 7) is 5.72. The van der Waals surface area contributed by atoms with Crippen LogP contribution in [0.25, 0.3) is 0 Å². The fourth-order valence-electron chi connectivity index (χ4n) is 2.09. The van der Waals surface area contributed by atoms with Crippen molar-refractivity contribution in [3.05, 3.63) is 24.0 Å². The Balaban J connectivity index is 2.09. The van der Waals surface area contributed by atoms with Gasteiger partial charge >= 0.3 is 0 Å². The van der Waals surface area contributed by atoms with Gasteiger partial charge in [-0.05, 0) is 30.9 Å². The van der Waals surface area contributed by atoms with E-state index in [4.69, 9.17) is 0 Å². The van der Waals surface area contributed by atoms with Gasteiger partial charge in [0.15, 0.2) is 0 Å². The van der Waals surface area contributed by atoms with Crippen LogP contribution in [0.15, 0.2) is 18.3 Å². The minimum absolute atomic E-state index is 0.448. The number of halogens is 1. The second kappa shape index (κ2) is 4.81. The number of anilines is 1. The second-order valence-corrected chi connectivity index (χ2v) is 4.78. The first-order valence-corrected chi connectivity index (χ1v) is 6.02. The highest BCUT2D eigenvalue weighted by Gasteiger charge is 2.19. The van der Waals surface area contributed by atoms with E-state index in [2.05, 4.69) is 29.8 Å². The highest BCUT2D eigenvalue weighted by Crippen LogP contribution is 2.22. The second-order valence-electron chi connectivity index (χ2n) is 4.78. The van der Waals surface area contributed by atoms with Crippen LogP contribution in [0.1, 0.15) is 38.3 Å². The molecule has 2 heterocycles. The average Bonchev–Trinajstić information content (AvgIpc) is 2.29. The lowest BCUT2D eigenvalue weighted by atomic mass is 10.1. The molecular formula is C13H19FN2. The van der Waals surface area contributed by atoms with Gasteiger partial charge in [-0.15, -0.1) is 0 Å². The monoisotopic (exact) mass is 222 g/mol. The predicted molar refractivity (Wildman–Crippen MR) is 64.7 cm³/mol. The molecule has 0 saturated carbocycles. The molecule has 1 aromatic heterocycles. The number of piperidine rings is 1. The standard InChI is InChI=1S/C13H19FN2/c1-10(2)13-6-5-12(8-15-13)16-7-3-4-11(14)9-16/h5-6,8,10-11H,3-4,7,9H2,1-2H3. The molecule has 1 aromatic rings. The van der Waals surface area contributed by atoms with Gasteiger partial charge in [0.2, 0.25) is 0 Å². The SMILES string of the molecule is CC(C)c1ccc(N2CCCC(F)C2)cn1. The minimum Gasteiger partial charge on any atom is -0.367 e. The molecule has 0 bridgehead atoms. The quantitative estimate of drug-likeness (QED) is 0.764. The van der Waals surface area contributed by atoms with Crippen molar-refractivity contribution in [3.63, 3.8) is 0 Å². The third-order valence-corrected chi connectivity index (χ3v) is 3.09. The van der Waals surface area contributed by atoms with E-state index in [-0.39, 0.29) is 0 Å². The maximum absolute atomic E-state index is 13.3. The van der Waals surface area contributed by atoms with Crippen molar-refractivity contribution in [1.29, 1.82) is 0 Å². The summed E-state index contributed by atoms with van der Waals surface area (Å²) in [5.41, 5.74) is 2.14. The van der Waals surface area contributed by atoms with Crippen LogP contribution in [0.3, 0.4) is 0 Å². The molecule has 0 N–H and O–H groups in total. The molecule has 0 aliphatic carbocycles. The largest absolute Gasteiger partial charge is 0.367 e. The molecule has 1 fully saturated rings. The van der Waals surface area contributed by atoms with Gasteiger partial charge in [-0.2, -0.15) is 0 Å². The van der Waals surface area contributed by atoms with E-state index < -0.39 is 6.17 Å². The van der Waals surface area contributed by atoms with Crippen LogP contribution in [0.4, 0.5) is 10.1 Å². The van der Waals surface area contributed by atoms with Crippen LogP contribution < -0.4 is 4.90 Å². The smallest absolute Gasteiger partial charge is 0.118 e. The predicted octanol–water partition coefficient (Wildman–Crippen LogP) is 3.14. The number of pyridine rings is 1. The minimum atomic E-state index is -0.682. The van der Waals surface area contributed by atoms with Crippen molar-refractivity contribution >= 4 is 5.69 Å². The van der Waals surface area contributed by atoms with Gasteiger partial charge in [0, 0.05) is 18.8 Å². The summed E-state index contributed by atoms with van der Waals surface area (Å²) in [6.07, 6.45) is 2.83. The fraction of sp³-hybridized carbons (Fsp3) is 0.615. The van der Waals surface area contributed by atoms with Crippen molar-refractivity contribution in [2.45, 2.75) is 38.8 Å². The molecule has 0 amide bonds. The molecule has 16 heavy (non-hydrogen) atoms. The number of rotatable bonds is 2. The summed E-state index contributed by atoms with van der Waals surface area (Å²) in [5.74, 6) is 0.448. The molecule has 2 nitrogen and oxygen atoms in total. The van der Waals surface area contributed by atoms with E-state index in [1.807, 2.05) is 12.3 Å². The van der Waals surface area contributed by atoms with E-state index in [1.165, 1.54) is 0 Å². The number of nitrogens with zero attached hydrogens (tertiary/aromatic N) is 2. The Hall–Kier alpha value is -1.12. The number of hydrogen-bond donors (Lipinski definition) is 0. The van der Waals surface area contributed by atoms with Gasteiger partial charge in [-0.3, -0.25) is 4.98 Å². The molecule has 1 aliphatic rings. The maximum Gasteiger partial charge on any atom is 0.118 e. The Morgan fingerprint density at radius 2 is 2.25 bits per heavy atom. The van der Waals surface area contributed by atoms with Crippen molar-refractivity contribution in [2.24, 2.45) is 0 Å². The topological polar surface area (TPSA) is 16.1 Å². The van der Waals surface area contributed by atoms with Crippen LogP contribution in [-0.2, 0) is 0 Å². The molecule has 0 spiro atoms.